The topological polar surface area (TPSA) is 109 Å². The zero-order valence-corrected chi connectivity index (χ0v) is 23.2. The molecule has 0 aromatic heterocycles. The lowest BCUT2D eigenvalue weighted by atomic mass is 10.3. The van der Waals surface area contributed by atoms with E-state index in [0.29, 0.717) is 12.3 Å². The van der Waals surface area contributed by atoms with Crippen molar-refractivity contribution in [3.8, 4) is 0 Å². The molecule has 0 radical (unpaired) electrons. The van der Waals surface area contributed by atoms with E-state index in [1.165, 1.54) is 0 Å². The molecule has 0 bridgehead atoms. The number of likely N-dealkylation sites (N-methyl/N-ethyl adjacent to an activating group) is 4. The molecule has 33 heavy (non-hydrogen) atoms. The van der Waals surface area contributed by atoms with Gasteiger partial charge in [0.25, 0.3) is 0 Å². The number of hydrogen-bond acceptors (Lipinski definition) is 9. The summed E-state index contributed by atoms with van der Waals surface area (Å²) in [7, 11) is 0. The maximum absolute atomic E-state index is 4.16. The van der Waals surface area contributed by atoms with Crippen molar-refractivity contribution in [3.63, 3.8) is 0 Å². The summed E-state index contributed by atoms with van der Waals surface area (Å²) >= 11 is 0. The van der Waals surface area contributed by atoms with Gasteiger partial charge in [-0.25, -0.2) is 0 Å². The lowest BCUT2D eigenvalue weighted by Gasteiger charge is -2.29. The fourth-order valence-corrected chi connectivity index (χ4v) is 2.63. The van der Waals surface area contributed by atoms with Crippen molar-refractivity contribution in [1.82, 2.24) is 31.9 Å². The van der Waals surface area contributed by atoms with Gasteiger partial charge in [-0.15, -0.1) is 0 Å². The van der Waals surface area contributed by atoms with E-state index in [9.17, 15) is 0 Å². The van der Waals surface area contributed by atoms with Crippen molar-refractivity contribution < 1.29 is 0 Å². The van der Waals surface area contributed by atoms with Gasteiger partial charge in [-0.2, -0.15) is 0 Å². The van der Waals surface area contributed by atoms with Crippen LogP contribution < -0.4 is 31.9 Å². The summed E-state index contributed by atoms with van der Waals surface area (Å²) in [6, 6.07) is 0. The first-order valence-electron chi connectivity index (χ1n) is 12.9. The number of rotatable bonds is 18. The first-order chi connectivity index (χ1) is 16.1. The monoisotopic (exact) mass is 471 g/mol. The molecule has 0 spiro atoms. The fourth-order valence-electron chi connectivity index (χ4n) is 2.63. The van der Waals surface area contributed by atoms with Gasteiger partial charge in [0.05, 0.1) is 18.5 Å². The molecule has 0 saturated carbocycles. The standard InChI is InChI=1S/C10H26N4.C8H19N3.C6H12N2/c1-5-11-9(12-6-2)10(13-7-3)14-8-4;1-4-9-7-8(10-5-2)11-6-3;1-3-7-5-6-8-4-2/h9-14H,5-8H2,1-4H3;7-8,10-11H,4-6H2,1-3H3;5-6H,3-4H2,1-2H3. The third-order valence-corrected chi connectivity index (χ3v) is 3.96. The molecule has 0 heterocycles. The van der Waals surface area contributed by atoms with Crippen LogP contribution in [-0.2, 0) is 0 Å². The predicted molar refractivity (Wildman–Crippen MR) is 151 cm³/mol. The molecule has 9 heteroatoms. The van der Waals surface area contributed by atoms with Crippen molar-refractivity contribution >= 4 is 18.6 Å². The SMILES string of the molecule is CCN=CC(NCC)NCC.CCN=CC=NCC.CCNC(NCC)C(NCC)NCC. The molecule has 0 aromatic rings. The lowest BCUT2D eigenvalue weighted by Crippen LogP contribution is -2.61. The van der Waals surface area contributed by atoms with Crippen molar-refractivity contribution in [2.24, 2.45) is 15.0 Å². The van der Waals surface area contributed by atoms with E-state index in [-0.39, 0.29) is 6.17 Å². The van der Waals surface area contributed by atoms with Crippen molar-refractivity contribution in [3.05, 3.63) is 0 Å². The van der Waals surface area contributed by atoms with E-state index in [1.54, 1.807) is 12.4 Å². The van der Waals surface area contributed by atoms with Crippen LogP contribution in [-0.4, -0.2) is 96.0 Å². The second-order valence-corrected chi connectivity index (χ2v) is 6.72. The molecule has 198 valence electrons. The molecule has 0 aromatic carbocycles. The van der Waals surface area contributed by atoms with Crippen LogP contribution in [0.3, 0.4) is 0 Å². The Labute approximate surface area is 205 Å². The van der Waals surface area contributed by atoms with Gasteiger partial charge in [-0.05, 0) is 60.0 Å². The fraction of sp³-hybridized carbons (Fsp3) is 0.875. The molecular weight excluding hydrogens is 414 g/mol. The maximum Gasteiger partial charge on any atom is 0.0935 e. The summed E-state index contributed by atoms with van der Waals surface area (Å²) in [5.41, 5.74) is 0. The third kappa shape index (κ3) is 28.7. The van der Waals surface area contributed by atoms with Crippen LogP contribution >= 0.6 is 0 Å². The van der Waals surface area contributed by atoms with E-state index < -0.39 is 0 Å². The van der Waals surface area contributed by atoms with Gasteiger partial charge in [-0.3, -0.25) is 46.9 Å². The number of nitrogens with one attached hydrogen (secondary N) is 6. The van der Waals surface area contributed by atoms with Gasteiger partial charge in [0.15, 0.2) is 0 Å². The first kappa shape index (κ1) is 36.3. The molecule has 0 aliphatic rings. The molecule has 0 rings (SSSR count). The molecule has 6 N–H and O–H groups in total. The molecular formula is C24H57N9. The van der Waals surface area contributed by atoms with Crippen LogP contribution in [0.25, 0.3) is 0 Å². The Bertz CT molecular complexity index is 384. The average Bonchev–Trinajstić information content (AvgIpc) is 2.81. The van der Waals surface area contributed by atoms with Gasteiger partial charge < -0.3 is 0 Å². The minimum atomic E-state index is 0.241. The second kappa shape index (κ2) is 32.9. The van der Waals surface area contributed by atoms with Crippen molar-refractivity contribution in [2.45, 2.75) is 80.8 Å². The Morgan fingerprint density at radius 3 is 1.00 bits per heavy atom. The Morgan fingerprint density at radius 1 is 0.455 bits per heavy atom. The lowest BCUT2D eigenvalue weighted by molar-refractivity contribution is 0.290. The summed E-state index contributed by atoms with van der Waals surface area (Å²) in [5.74, 6) is 0. The highest BCUT2D eigenvalue weighted by atomic mass is 15.3. The quantitative estimate of drug-likeness (QED) is 0.135. The summed E-state index contributed by atoms with van der Waals surface area (Å²) in [6.45, 7) is 27.1. The van der Waals surface area contributed by atoms with Crippen LogP contribution in [0, 0.1) is 0 Å². The summed E-state index contributed by atoms with van der Waals surface area (Å²) in [5, 5.41) is 20.2. The molecule has 0 atom stereocenters. The van der Waals surface area contributed by atoms with Crippen LogP contribution in [0.4, 0.5) is 0 Å². The highest BCUT2D eigenvalue weighted by Crippen LogP contribution is 1.86. The van der Waals surface area contributed by atoms with E-state index in [0.717, 1.165) is 58.9 Å². The van der Waals surface area contributed by atoms with Gasteiger partial charge in [-0.1, -0.05) is 41.5 Å². The van der Waals surface area contributed by atoms with Crippen LogP contribution in [0.2, 0.25) is 0 Å². The first-order valence-corrected chi connectivity index (χ1v) is 12.9. The normalized spacial score (nSPS) is 11.6. The molecule has 0 aliphatic heterocycles. The van der Waals surface area contributed by atoms with Gasteiger partial charge in [0, 0.05) is 38.3 Å². The Kier molecular flexibility index (Phi) is 36.3. The summed E-state index contributed by atoms with van der Waals surface area (Å²) in [6.07, 6.45) is 6.21. The summed E-state index contributed by atoms with van der Waals surface area (Å²) in [4.78, 5) is 12.0. The molecule has 0 saturated heterocycles. The van der Waals surface area contributed by atoms with Gasteiger partial charge in [0.2, 0.25) is 0 Å². The highest BCUT2D eigenvalue weighted by molar-refractivity contribution is 6.15. The molecule has 0 amide bonds. The molecule has 0 aliphatic carbocycles. The maximum atomic E-state index is 4.16. The Hall–Kier alpha value is -1.23. The minimum absolute atomic E-state index is 0.241. The smallest absolute Gasteiger partial charge is 0.0935 e. The highest BCUT2D eigenvalue weighted by Gasteiger charge is 2.16. The largest absolute Gasteiger partial charge is 0.300 e. The van der Waals surface area contributed by atoms with E-state index in [1.807, 2.05) is 27.0 Å². The Morgan fingerprint density at radius 2 is 0.758 bits per heavy atom. The second-order valence-electron chi connectivity index (χ2n) is 6.72. The van der Waals surface area contributed by atoms with Crippen LogP contribution in [0.15, 0.2) is 15.0 Å². The molecule has 0 fully saturated rings. The minimum Gasteiger partial charge on any atom is -0.300 e. The van der Waals surface area contributed by atoms with E-state index in [4.69, 9.17) is 0 Å². The average molecular weight is 472 g/mol. The van der Waals surface area contributed by atoms with Gasteiger partial charge in [0.1, 0.15) is 0 Å². The number of hydrogen-bond donors (Lipinski definition) is 6. The predicted octanol–water partition coefficient (Wildman–Crippen LogP) is 1.87. The van der Waals surface area contributed by atoms with Crippen molar-refractivity contribution in [2.75, 3.05) is 58.9 Å². The van der Waals surface area contributed by atoms with Gasteiger partial charge >= 0.3 is 0 Å². The van der Waals surface area contributed by atoms with E-state index >= 15 is 0 Å². The number of nitrogens with zero attached hydrogens (tertiary/aromatic N) is 3. The van der Waals surface area contributed by atoms with Crippen LogP contribution in [0.1, 0.15) is 62.3 Å². The summed E-state index contributed by atoms with van der Waals surface area (Å²) < 4.78 is 0. The third-order valence-electron chi connectivity index (χ3n) is 3.96. The van der Waals surface area contributed by atoms with Crippen molar-refractivity contribution in [1.29, 1.82) is 0 Å². The Balaban J connectivity index is -0.000000426. The van der Waals surface area contributed by atoms with Crippen LogP contribution in [0.5, 0.6) is 0 Å². The molecule has 9 nitrogen and oxygen atoms in total. The zero-order chi connectivity index (χ0) is 25.6. The zero-order valence-electron chi connectivity index (χ0n) is 23.2. The molecule has 0 unspecified atom stereocenters. The number of aliphatic imine (C=N–C) groups is 3. The van der Waals surface area contributed by atoms with E-state index in [2.05, 4.69) is 88.4 Å².